The summed E-state index contributed by atoms with van der Waals surface area (Å²) in [5.74, 6) is 0. The maximum absolute atomic E-state index is 11.5. The Morgan fingerprint density at radius 3 is 0.979 bits per heavy atom. The number of rotatable bonds is 11. The van der Waals surface area contributed by atoms with Crippen LogP contribution in [0.1, 0.15) is 6.92 Å². The smallest absolute Gasteiger partial charge is 0.262 e. The number of hydrogen-bond acceptors (Lipinski definition) is 13. The van der Waals surface area contributed by atoms with Gasteiger partial charge in [0, 0.05) is 38.6 Å². The summed E-state index contributed by atoms with van der Waals surface area (Å²) in [6.45, 7) is 1.91. The summed E-state index contributed by atoms with van der Waals surface area (Å²) in [4.78, 5) is 5.47. The first-order valence-electron chi connectivity index (χ1n) is 11.9. The van der Waals surface area contributed by atoms with Gasteiger partial charge in [-0.25, -0.2) is 60.0 Å². The van der Waals surface area contributed by atoms with Crippen LogP contribution >= 0.6 is 32.0 Å². The highest BCUT2D eigenvalue weighted by Crippen LogP contribution is 2.19. The Kier molecular flexibility index (Phi) is 15.7. The molecule has 3 aromatic rings. The zero-order valence-electron chi connectivity index (χ0n) is 24.0. The minimum Gasteiger partial charge on any atom is -0.290 e. The molecule has 0 fully saturated rings. The Morgan fingerprint density at radius 1 is 0.489 bits per heavy atom. The fourth-order valence-electron chi connectivity index (χ4n) is 2.89. The van der Waals surface area contributed by atoms with Crippen LogP contribution in [0.5, 0.6) is 0 Å². The molecule has 264 valence electrons. The topological polar surface area (TPSA) is 250 Å². The molecule has 16 nitrogen and oxygen atoms in total. The largest absolute Gasteiger partial charge is 0.290 e. The molecule has 3 N–H and O–H groups in total. The van der Waals surface area contributed by atoms with Crippen molar-refractivity contribution in [3.05, 3.63) is 72.8 Å². The molecule has 0 aliphatic heterocycles. The Bertz CT molecular complexity index is 2070. The SMILES string of the molecule is CCNS(=O)(=O)c1ccc(S(=O)(=O)Cl)cc1.CNS(=O)(=O)c1ccc(S(=O)(=O)Cl)cc1.CONS(=O)(=O)c1ccc(S(=O)(=O)Cl)cc1. The lowest BCUT2D eigenvalue weighted by Gasteiger charge is -2.04. The predicted octanol–water partition coefficient (Wildman–Crippen LogP) is 1.89. The van der Waals surface area contributed by atoms with E-state index >= 15 is 0 Å². The van der Waals surface area contributed by atoms with Gasteiger partial charge in [-0.1, -0.05) is 11.8 Å². The molecule has 0 unspecified atom stereocenters. The van der Waals surface area contributed by atoms with E-state index in [4.69, 9.17) is 32.0 Å². The van der Waals surface area contributed by atoms with Crippen molar-refractivity contribution in [1.29, 1.82) is 0 Å². The van der Waals surface area contributed by atoms with Crippen LogP contribution in [0.2, 0.25) is 0 Å². The maximum atomic E-state index is 11.5. The zero-order chi connectivity index (χ0) is 36.5. The Morgan fingerprint density at radius 2 is 0.745 bits per heavy atom. The van der Waals surface area contributed by atoms with Gasteiger partial charge < -0.3 is 0 Å². The number of halogens is 3. The molecule has 3 rings (SSSR count). The number of hydrogen-bond donors (Lipinski definition) is 3. The van der Waals surface area contributed by atoms with Gasteiger partial charge in [0.05, 0.1) is 36.5 Å². The van der Waals surface area contributed by atoms with E-state index in [1.165, 1.54) is 31.3 Å². The van der Waals surface area contributed by atoms with Crippen molar-refractivity contribution in [2.75, 3.05) is 20.7 Å². The van der Waals surface area contributed by atoms with Crippen LogP contribution in [0.4, 0.5) is 0 Å². The summed E-state index contributed by atoms with van der Waals surface area (Å²) in [7, 11) is -4.74. The van der Waals surface area contributed by atoms with Crippen molar-refractivity contribution in [3.63, 3.8) is 0 Å². The predicted molar refractivity (Wildman–Crippen MR) is 173 cm³/mol. The van der Waals surface area contributed by atoms with E-state index < -0.39 is 57.2 Å². The van der Waals surface area contributed by atoms with E-state index in [0.29, 0.717) is 0 Å². The van der Waals surface area contributed by atoms with Gasteiger partial charge in [-0.05, 0) is 79.8 Å². The normalized spacial score (nSPS) is 12.6. The molecule has 0 radical (unpaired) electrons. The molecule has 0 heterocycles. The van der Waals surface area contributed by atoms with Gasteiger partial charge in [-0.15, -0.1) is 0 Å². The molecular weight excluding hydrogens is 813 g/mol. The van der Waals surface area contributed by atoms with E-state index in [9.17, 15) is 50.5 Å². The molecule has 0 bridgehead atoms. The average molecular weight is 839 g/mol. The molecule has 47 heavy (non-hydrogen) atoms. The van der Waals surface area contributed by atoms with E-state index in [2.05, 4.69) is 14.3 Å². The minimum absolute atomic E-state index is 0.00147. The monoisotopic (exact) mass is 837 g/mol. The maximum Gasteiger partial charge on any atom is 0.262 e. The second-order valence-corrected chi connectivity index (χ2v) is 21.2. The van der Waals surface area contributed by atoms with Crippen molar-refractivity contribution in [1.82, 2.24) is 14.3 Å². The molecule has 0 saturated heterocycles. The lowest BCUT2D eigenvalue weighted by molar-refractivity contribution is 0.153. The highest BCUT2D eigenvalue weighted by molar-refractivity contribution is 8.14. The minimum atomic E-state index is -3.85. The van der Waals surface area contributed by atoms with Gasteiger partial charge in [0.1, 0.15) is 0 Å². The van der Waals surface area contributed by atoms with Gasteiger partial charge in [-0.3, -0.25) is 4.84 Å². The van der Waals surface area contributed by atoms with Crippen LogP contribution < -0.4 is 14.3 Å². The lowest BCUT2D eigenvalue weighted by Crippen LogP contribution is -2.23. The van der Waals surface area contributed by atoms with Crippen molar-refractivity contribution in [3.8, 4) is 0 Å². The molecular formula is C22H26Cl3N3O13S6. The second kappa shape index (κ2) is 17.1. The molecule has 0 amide bonds. The molecule has 0 aliphatic rings. The molecule has 0 atom stereocenters. The van der Waals surface area contributed by atoms with Gasteiger partial charge in [0.25, 0.3) is 37.2 Å². The summed E-state index contributed by atoms with van der Waals surface area (Å²) in [5, 5.41) is 0. The van der Waals surface area contributed by atoms with Crippen LogP contribution in [0.15, 0.2) is 102 Å². The highest BCUT2D eigenvalue weighted by Gasteiger charge is 2.17. The third kappa shape index (κ3) is 13.8. The Labute approximate surface area is 286 Å². The van der Waals surface area contributed by atoms with Crippen molar-refractivity contribution >= 4 is 89.3 Å². The second-order valence-electron chi connectivity index (χ2n) is 8.23. The summed E-state index contributed by atoms with van der Waals surface area (Å²) in [5.41, 5.74) is 0. The quantitative estimate of drug-likeness (QED) is 0.185. The van der Waals surface area contributed by atoms with Crippen LogP contribution in [0.25, 0.3) is 0 Å². The van der Waals surface area contributed by atoms with Crippen molar-refractivity contribution < 1.29 is 55.3 Å². The van der Waals surface area contributed by atoms with E-state index in [0.717, 1.165) is 55.6 Å². The van der Waals surface area contributed by atoms with Gasteiger partial charge in [-0.2, -0.15) is 0 Å². The zero-order valence-corrected chi connectivity index (χ0v) is 31.2. The third-order valence-electron chi connectivity index (χ3n) is 5.04. The number of nitrogens with one attached hydrogen (secondary N) is 3. The lowest BCUT2D eigenvalue weighted by atomic mass is 10.4. The standard InChI is InChI=1S/C8H10ClNO4S2.C7H8ClNO5S2.C7H8ClNO4S2/c1-2-10-16(13,14)8-5-3-7(4-6-8)15(9,11)12;1-14-9-16(12,13)7-4-2-6(3-5-7)15(8,10)11;1-9-15(12,13)7-4-2-6(3-5-7)14(8,10)11/h3-6,10H,2H2,1H3;2-5,9H,1H3;2-5,9H,1H3. The first-order valence-corrected chi connectivity index (χ1v) is 23.3. The fourth-order valence-corrected chi connectivity index (χ4v) is 7.78. The Balaban J connectivity index is 0.000000353. The molecule has 25 heteroatoms. The summed E-state index contributed by atoms with van der Waals surface area (Å²) < 4.78 is 138. The summed E-state index contributed by atoms with van der Waals surface area (Å²) in [6.07, 6.45) is 0. The average Bonchev–Trinajstić information content (AvgIpc) is 2.97. The van der Waals surface area contributed by atoms with Gasteiger partial charge in [0.2, 0.25) is 20.0 Å². The number of benzene rings is 3. The highest BCUT2D eigenvalue weighted by atomic mass is 35.7. The van der Waals surface area contributed by atoms with E-state index in [-0.39, 0.29) is 35.9 Å². The summed E-state index contributed by atoms with van der Waals surface area (Å²) >= 11 is 0. The first-order chi connectivity index (χ1) is 21.3. The molecule has 0 aromatic heterocycles. The van der Waals surface area contributed by atoms with Crippen LogP contribution in [0.3, 0.4) is 0 Å². The molecule has 0 saturated carbocycles. The van der Waals surface area contributed by atoms with Gasteiger partial charge in [0.15, 0.2) is 0 Å². The Hall–Kier alpha value is -1.93. The van der Waals surface area contributed by atoms with Crippen LogP contribution in [-0.2, 0) is 62.1 Å². The van der Waals surface area contributed by atoms with Crippen molar-refractivity contribution in [2.24, 2.45) is 0 Å². The molecule has 3 aromatic carbocycles. The summed E-state index contributed by atoms with van der Waals surface area (Å²) in [6, 6.07) is 13.7. The van der Waals surface area contributed by atoms with Crippen molar-refractivity contribution in [2.45, 2.75) is 36.3 Å². The number of sulfonamides is 3. The van der Waals surface area contributed by atoms with E-state index in [1.54, 1.807) is 11.8 Å². The molecule has 0 spiro atoms. The van der Waals surface area contributed by atoms with Crippen LogP contribution in [0, 0.1) is 0 Å². The van der Waals surface area contributed by atoms with Crippen LogP contribution in [-0.4, -0.2) is 71.2 Å². The van der Waals surface area contributed by atoms with Gasteiger partial charge >= 0.3 is 0 Å². The first kappa shape index (κ1) is 43.1. The van der Waals surface area contributed by atoms with E-state index in [1.807, 2.05) is 0 Å². The fraction of sp³-hybridized carbons (Fsp3) is 0.182. The molecule has 0 aliphatic carbocycles. The third-order valence-corrected chi connectivity index (χ3v) is 13.4.